The Balaban J connectivity index is 1.22. The molecular formula is C24H32N4O3. The molecule has 4 amide bonds. The molecule has 1 aliphatic carbocycles. The first-order chi connectivity index (χ1) is 15.0. The zero-order valence-electron chi connectivity index (χ0n) is 18.3. The molecule has 0 unspecified atom stereocenters. The minimum absolute atomic E-state index is 0.0871. The maximum absolute atomic E-state index is 13.5. The van der Waals surface area contributed by atoms with E-state index in [1.807, 2.05) is 23.1 Å². The summed E-state index contributed by atoms with van der Waals surface area (Å²) in [5, 5.41) is 3.04. The van der Waals surface area contributed by atoms with Gasteiger partial charge in [0.25, 0.3) is 5.91 Å². The molecule has 3 saturated heterocycles. The maximum Gasteiger partial charge on any atom is 0.325 e. The van der Waals surface area contributed by atoms with Crippen LogP contribution in [0, 0.1) is 11.8 Å². The van der Waals surface area contributed by atoms with Gasteiger partial charge in [-0.3, -0.25) is 19.4 Å². The van der Waals surface area contributed by atoms with E-state index in [4.69, 9.17) is 0 Å². The number of nitrogens with zero attached hydrogens (tertiary/aromatic N) is 3. The second-order valence-electron chi connectivity index (χ2n) is 9.85. The summed E-state index contributed by atoms with van der Waals surface area (Å²) in [6.45, 7) is 5.75. The number of hydrogen-bond acceptors (Lipinski definition) is 4. The molecule has 166 valence electrons. The van der Waals surface area contributed by atoms with Crippen LogP contribution >= 0.6 is 0 Å². The van der Waals surface area contributed by atoms with E-state index in [-0.39, 0.29) is 29.8 Å². The molecule has 3 atom stereocenters. The number of amides is 4. The molecule has 31 heavy (non-hydrogen) atoms. The fourth-order valence-corrected chi connectivity index (χ4v) is 5.51. The van der Waals surface area contributed by atoms with Crippen molar-refractivity contribution in [1.82, 2.24) is 20.0 Å². The van der Waals surface area contributed by atoms with Gasteiger partial charge in [0.2, 0.25) is 5.91 Å². The Labute approximate surface area is 183 Å². The molecule has 0 bridgehead atoms. The zero-order chi connectivity index (χ0) is 21.6. The van der Waals surface area contributed by atoms with Gasteiger partial charge < -0.3 is 10.2 Å². The average Bonchev–Trinajstić information content (AvgIpc) is 3.46. The summed E-state index contributed by atoms with van der Waals surface area (Å²) in [4.78, 5) is 44.7. The number of benzene rings is 1. The number of carbonyl (C=O) groups excluding carboxylic acids is 3. The lowest BCUT2D eigenvalue weighted by Gasteiger charge is -2.39. The van der Waals surface area contributed by atoms with Gasteiger partial charge >= 0.3 is 6.03 Å². The van der Waals surface area contributed by atoms with Crippen molar-refractivity contribution < 1.29 is 14.4 Å². The molecule has 1 spiro atoms. The van der Waals surface area contributed by atoms with Crippen LogP contribution in [0.3, 0.4) is 0 Å². The lowest BCUT2D eigenvalue weighted by Crippen LogP contribution is -2.56. The van der Waals surface area contributed by atoms with E-state index in [1.54, 1.807) is 0 Å². The van der Waals surface area contributed by atoms with Crippen molar-refractivity contribution in [3.63, 3.8) is 0 Å². The number of hydrogen-bond donors (Lipinski definition) is 1. The molecule has 1 aromatic rings. The average molecular weight is 425 g/mol. The molecule has 7 nitrogen and oxygen atoms in total. The van der Waals surface area contributed by atoms with Crippen molar-refractivity contribution in [2.24, 2.45) is 11.8 Å². The van der Waals surface area contributed by atoms with Crippen molar-refractivity contribution in [3.8, 4) is 0 Å². The Morgan fingerprint density at radius 3 is 2.52 bits per heavy atom. The number of urea groups is 1. The fourth-order valence-electron chi connectivity index (χ4n) is 5.51. The van der Waals surface area contributed by atoms with Crippen molar-refractivity contribution in [1.29, 1.82) is 0 Å². The summed E-state index contributed by atoms with van der Waals surface area (Å²) < 4.78 is 0. The van der Waals surface area contributed by atoms with Crippen LogP contribution in [0.1, 0.15) is 44.6 Å². The summed E-state index contributed by atoms with van der Waals surface area (Å²) >= 11 is 0. The van der Waals surface area contributed by atoms with E-state index in [0.717, 1.165) is 45.4 Å². The van der Waals surface area contributed by atoms with Crippen molar-refractivity contribution in [2.45, 2.75) is 57.2 Å². The lowest BCUT2D eigenvalue weighted by molar-refractivity contribution is -0.140. The number of carbonyl (C=O) groups is 3. The summed E-state index contributed by atoms with van der Waals surface area (Å²) in [6.07, 6.45) is 3.85. The molecular weight excluding hydrogens is 392 g/mol. The van der Waals surface area contributed by atoms with Crippen molar-refractivity contribution in [3.05, 3.63) is 35.9 Å². The molecule has 0 aromatic heterocycles. The van der Waals surface area contributed by atoms with E-state index in [2.05, 4.69) is 29.3 Å². The molecule has 5 rings (SSSR count). The molecule has 1 N–H and O–H groups in total. The first kappa shape index (κ1) is 20.5. The molecule has 1 saturated carbocycles. The van der Waals surface area contributed by atoms with E-state index >= 15 is 0 Å². The first-order valence-electron chi connectivity index (χ1n) is 11.7. The highest BCUT2D eigenvalue weighted by atomic mass is 16.2. The lowest BCUT2D eigenvalue weighted by atomic mass is 9.87. The fraction of sp³-hybridized carbons (Fsp3) is 0.625. The largest absolute Gasteiger partial charge is 0.340 e. The molecule has 0 radical (unpaired) electrons. The van der Waals surface area contributed by atoms with Gasteiger partial charge in [-0.05, 0) is 43.6 Å². The molecule has 4 fully saturated rings. The van der Waals surface area contributed by atoms with Crippen LogP contribution in [-0.2, 0) is 16.1 Å². The van der Waals surface area contributed by atoms with Gasteiger partial charge in [-0.2, -0.15) is 0 Å². The minimum atomic E-state index is -0.776. The van der Waals surface area contributed by atoms with Crippen LogP contribution in [0.2, 0.25) is 0 Å². The Hall–Kier alpha value is -2.41. The van der Waals surface area contributed by atoms with Gasteiger partial charge in [0.05, 0.1) is 6.04 Å². The standard InChI is InChI=1S/C24H32N4O3/c1-17-14-20(17)21(29)27-11-5-8-19(16-27)28-22(30)24(25-23(28)31)9-12-26(13-10-24)15-18-6-3-2-4-7-18/h2-4,6-7,17,19-20H,5,8-16H2,1H3,(H,25,31)/t17-,19-,20-/m1/s1. The predicted molar refractivity (Wildman–Crippen MR) is 116 cm³/mol. The molecule has 7 heteroatoms. The second-order valence-corrected chi connectivity index (χ2v) is 9.85. The Morgan fingerprint density at radius 1 is 1.13 bits per heavy atom. The molecule has 3 heterocycles. The third kappa shape index (κ3) is 3.84. The summed E-state index contributed by atoms with van der Waals surface area (Å²) in [7, 11) is 0. The third-order valence-corrected chi connectivity index (χ3v) is 7.65. The normalized spacial score (nSPS) is 30.5. The van der Waals surface area contributed by atoms with Crippen molar-refractivity contribution in [2.75, 3.05) is 26.2 Å². The third-order valence-electron chi connectivity index (χ3n) is 7.65. The summed E-state index contributed by atoms with van der Waals surface area (Å²) in [6, 6.07) is 9.85. The van der Waals surface area contributed by atoms with Crippen LogP contribution in [0.15, 0.2) is 30.3 Å². The van der Waals surface area contributed by atoms with Crippen molar-refractivity contribution >= 4 is 17.8 Å². The zero-order valence-corrected chi connectivity index (χ0v) is 18.3. The van der Waals surface area contributed by atoms with E-state index in [0.29, 0.717) is 25.3 Å². The Bertz CT molecular complexity index is 865. The van der Waals surface area contributed by atoms with Crippen LogP contribution in [0.5, 0.6) is 0 Å². The summed E-state index contributed by atoms with van der Waals surface area (Å²) in [5.74, 6) is 0.722. The van der Waals surface area contributed by atoms with Crippen LogP contribution in [0.4, 0.5) is 4.79 Å². The van der Waals surface area contributed by atoms with Gasteiger partial charge in [-0.1, -0.05) is 37.3 Å². The number of nitrogens with one attached hydrogen (secondary N) is 1. The topological polar surface area (TPSA) is 73.0 Å². The van der Waals surface area contributed by atoms with Gasteiger partial charge in [0.1, 0.15) is 5.54 Å². The highest BCUT2D eigenvalue weighted by molar-refractivity contribution is 6.07. The van der Waals surface area contributed by atoms with Gasteiger partial charge in [0, 0.05) is 38.6 Å². The molecule has 3 aliphatic heterocycles. The van der Waals surface area contributed by atoms with E-state index < -0.39 is 5.54 Å². The number of rotatable bonds is 4. The quantitative estimate of drug-likeness (QED) is 0.753. The van der Waals surface area contributed by atoms with E-state index in [1.165, 1.54) is 10.5 Å². The van der Waals surface area contributed by atoms with Gasteiger partial charge in [0.15, 0.2) is 0 Å². The van der Waals surface area contributed by atoms with Crippen LogP contribution in [0.25, 0.3) is 0 Å². The van der Waals surface area contributed by atoms with Gasteiger partial charge in [-0.25, -0.2) is 4.79 Å². The Morgan fingerprint density at radius 2 is 1.84 bits per heavy atom. The summed E-state index contributed by atoms with van der Waals surface area (Å²) in [5.41, 5.74) is 0.487. The highest BCUT2D eigenvalue weighted by Crippen LogP contribution is 2.40. The Kier molecular flexibility index (Phi) is 5.24. The first-order valence-corrected chi connectivity index (χ1v) is 11.7. The monoisotopic (exact) mass is 424 g/mol. The smallest absolute Gasteiger partial charge is 0.325 e. The maximum atomic E-state index is 13.5. The molecule has 4 aliphatic rings. The van der Waals surface area contributed by atoms with Gasteiger partial charge in [-0.15, -0.1) is 0 Å². The minimum Gasteiger partial charge on any atom is -0.340 e. The van der Waals surface area contributed by atoms with Crippen LogP contribution in [-0.4, -0.2) is 70.3 Å². The number of piperidine rings is 2. The second kappa shape index (κ2) is 7.93. The van der Waals surface area contributed by atoms with E-state index in [9.17, 15) is 14.4 Å². The highest BCUT2D eigenvalue weighted by Gasteiger charge is 2.55. The SMILES string of the molecule is C[C@@H]1C[C@H]1C(=O)N1CCC[C@@H](N2C(=O)NC3(CCN(Cc4ccccc4)CC3)C2=O)C1. The number of likely N-dealkylation sites (tertiary alicyclic amines) is 2. The number of imide groups is 1. The predicted octanol–water partition coefficient (Wildman–Crippen LogP) is 2.22. The van der Waals surface area contributed by atoms with Crippen LogP contribution < -0.4 is 5.32 Å². The molecule has 1 aromatic carbocycles.